The van der Waals surface area contributed by atoms with Crippen LogP contribution in [0.15, 0.2) is 33.9 Å². The number of hydrogen-bond acceptors (Lipinski definition) is 6. The van der Waals surface area contributed by atoms with Crippen LogP contribution in [0.3, 0.4) is 0 Å². The molecule has 2 aromatic heterocycles. The number of aliphatic hydroxyl groups is 1. The molecule has 0 radical (unpaired) electrons. The van der Waals surface area contributed by atoms with Crippen LogP contribution in [-0.4, -0.2) is 44.7 Å². The summed E-state index contributed by atoms with van der Waals surface area (Å²) in [4.78, 5) is 42.1. The fourth-order valence-corrected chi connectivity index (χ4v) is 5.99. The molecule has 1 fully saturated rings. The minimum atomic E-state index is -1.96. The van der Waals surface area contributed by atoms with E-state index in [9.17, 15) is 23.9 Å². The van der Waals surface area contributed by atoms with Crippen molar-refractivity contribution in [2.24, 2.45) is 0 Å². The highest BCUT2D eigenvalue weighted by Crippen LogP contribution is 2.40. The van der Waals surface area contributed by atoms with Crippen LogP contribution in [0.5, 0.6) is 0 Å². The Kier molecular flexibility index (Phi) is 4.82. The molecule has 5 heterocycles. The highest BCUT2D eigenvalue weighted by molar-refractivity contribution is 5.88. The zero-order valence-corrected chi connectivity index (χ0v) is 19.6. The van der Waals surface area contributed by atoms with Gasteiger partial charge in [0.1, 0.15) is 12.4 Å². The molecule has 0 aliphatic carbocycles. The Balaban J connectivity index is 1.67. The van der Waals surface area contributed by atoms with Crippen molar-refractivity contribution in [1.82, 2.24) is 14.0 Å². The number of pyridine rings is 2. The minimum absolute atomic E-state index is 0.0245. The fraction of sp³-hybridized carbons (Fsp3) is 0.423. The van der Waals surface area contributed by atoms with Gasteiger partial charge >= 0.3 is 5.97 Å². The topological polar surface area (TPSA) is 93.8 Å². The lowest BCUT2D eigenvalue weighted by Crippen LogP contribution is -2.44. The third kappa shape index (κ3) is 2.94. The molecule has 35 heavy (non-hydrogen) atoms. The number of cyclic esters (lactones) is 1. The van der Waals surface area contributed by atoms with Crippen molar-refractivity contribution in [3.63, 3.8) is 0 Å². The normalized spacial score (nSPS) is 23.3. The summed E-state index contributed by atoms with van der Waals surface area (Å²) in [6.07, 6.45) is 0.895. The second-order valence-electron chi connectivity index (χ2n) is 9.62. The minimum Gasteiger partial charge on any atom is -0.458 e. The van der Waals surface area contributed by atoms with Crippen LogP contribution in [0.25, 0.3) is 22.2 Å². The average molecular weight is 480 g/mol. The number of carbonyl (C=O) groups is 1. The van der Waals surface area contributed by atoms with Gasteiger partial charge in [0.25, 0.3) is 5.56 Å². The standard InChI is InChI=1S/C26H26FN3O5/c1-3-26(34)18-10-20-22-21(12-29(20)24(32)17(18)13-35-25(26)33)30(15-7-8-28(4-2)11-15)19-6-5-14(27)9-16(19)23(22)31/h5-6,9-10,15,34H,3-4,7-8,11-13H2,1-2H3/t15-,26+/m1/s1. The van der Waals surface area contributed by atoms with Crippen molar-refractivity contribution < 1.29 is 19.0 Å². The van der Waals surface area contributed by atoms with Crippen LogP contribution >= 0.6 is 0 Å². The third-order valence-electron chi connectivity index (χ3n) is 7.94. The van der Waals surface area contributed by atoms with E-state index < -0.39 is 22.9 Å². The third-order valence-corrected chi connectivity index (χ3v) is 7.94. The van der Waals surface area contributed by atoms with Gasteiger partial charge in [0.05, 0.1) is 34.6 Å². The highest BCUT2D eigenvalue weighted by atomic mass is 19.1. The summed E-state index contributed by atoms with van der Waals surface area (Å²) in [5.74, 6) is -1.31. The first-order valence-electron chi connectivity index (χ1n) is 12.0. The lowest BCUT2D eigenvalue weighted by molar-refractivity contribution is -0.172. The van der Waals surface area contributed by atoms with Crippen molar-refractivity contribution in [2.75, 3.05) is 19.6 Å². The Morgan fingerprint density at radius 3 is 2.71 bits per heavy atom. The summed E-state index contributed by atoms with van der Waals surface area (Å²) in [7, 11) is 0. The molecule has 3 aliphatic heterocycles. The Morgan fingerprint density at radius 1 is 1.20 bits per heavy atom. The Hall–Kier alpha value is -3.30. The number of likely N-dealkylation sites (N-methyl/N-ethyl adjacent to an activating group) is 1. The van der Waals surface area contributed by atoms with Gasteiger partial charge in [-0.25, -0.2) is 9.18 Å². The highest BCUT2D eigenvalue weighted by Gasteiger charge is 2.45. The van der Waals surface area contributed by atoms with Crippen LogP contribution in [0, 0.1) is 5.82 Å². The molecular formula is C26H26FN3O5. The Morgan fingerprint density at radius 2 is 2.00 bits per heavy atom. The van der Waals surface area contributed by atoms with E-state index in [0.717, 1.165) is 26.1 Å². The van der Waals surface area contributed by atoms with Gasteiger partial charge in [-0.3, -0.25) is 9.59 Å². The SMILES string of the molecule is CCN1CC[C@@H](n2c3c(c(=O)c4cc(F)ccc42)-c2cc4c(c(=O)n2C3)COC(=O)[C@]4(O)CC)C1. The maximum absolute atomic E-state index is 14.3. The van der Waals surface area contributed by atoms with Crippen molar-refractivity contribution in [3.8, 4) is 11.3 Å². The lowest BCUT2D eigenvalue weighted by Gasteiger charge is -2.31. The molecular weight excluding hydrogens is 453 g/mol. The molecule has 1 N–H and O–H groups in total. The number of hydrogen-bond donors (Lipinski definition) is 1. The molecule has 0 bridgehead atoms. The first-order chi connectivity index (χ1) is 16.8. The molecule has 3 aliphatic rings. The predicted octanol–water partition coefficient (Wildman–Crippen LogP) is 2.25. The summed E-state index contributed by atoms with van der Waals surface area (Å²) < 4.78 is 23.0. The summed E-state index contributed by atoms with van der Waals surface area (Å²) in [6, 6.07) is 5.89. The van der Waals surface area contributed by atoms with Gasteiger partial charge in [0, 0.05) is 30.1 Å². The first-order valence-corrected chi connectivity index (χ1v) is 12.0. The van der Waals surface area contributed by atoms with Crippen LogP contribution in [-0.2, 0) is 28.3 Å². The zero-order chi connectivity index (χ0) is 24.6. The van der Waals surface area contributed by atoms with Gasteiger partial charge in [-0.2, -0.15) is 0 Å². The first kappa shape index (κ1) is 22.2. The number of rotatable bonds is 3. The van der Waals surface area contributed by atoms with E-state index in [1.807, 2.05) is 0 Å². The van der Waals surface area contributed by atoms with E-state index in [4.69, 9.17) is 4.74 Å². The van der Waals surface area contributed by atoms with Crippen LogP contribution < -0.4 is 11.0 Å². The molecule has 0 unspecified atom stereocenters. The number of likely N-dealkylation sites (tertiary alicyclic amines) is 1. The van der Waals surface area contributed by atoms with Gasteiger partial charge in [-0.1, -0.05) is 13.8 Å². The number of halogens is 1. The summed E-state index contributed by atoms with van der Waals surface area (Å²) in [5, 5.41) is 11.4. The van der Waals surface area contributed by atoms with Crippen molar-refractivity contribution >= 4 is 16.9 Å². The molecule has 1 saturated heterocycles. The van der Waals surface area contributed by atoms with E-state index in [1.54, 1.807) is 19.1 Å². The summed E-state index contributed by atoms with van der Waals surface area (Å²) in [6.45, 7) is 6.30. The number of aromatic nitrogens is 2. The zero-order valence-electron chi connectivity index (χ0n) is 19.6. The summed E-state index contributed by atoms with van der Waals surface area (Å²) >= 11 is 0. The van der Waals surface area contributed by atoms with Gasteiger partial charge in [0.2, 0.25) is 0 Å². The molecule has 0 spiro atoms. The van der Waals surface area contributed by atoms with Gasteiger partial charge in [0.15, 0.2) is 11.0 Å². The number of ether oxygens (including phenoxy) is 1. The molecule has 3 aromatic rings. The van der Waals surface area contributed by atoms with Gasteiger partial charge in [-0.05, 0) is 43.7 Å². The number of benzene rings is 1. The molecule has 0 amide bonds. The smallest absolute Gasteiger partial charge is 0.343 e. The average Bonchev–Trinajstić information content (AvgIpc) is 3.48. The second-order valence-corrected chi connectivity index (χ2v) is 9.62. The molecule has 9 heteroatoms. The number of nitrogens with zero attached hydrogens (tertiary/aromatic N) is 3. The predicted molar refractivity (Wildman–Crippen MR) is 127 cm³/mol. The Bertz CT molecular complexity index is 1540. The molecule has 182 valence electrons. The van der Waals surface area contributed by atoms with E-state index in [-0.39, 0.29) is 47.6 Å². The van der Waals surface area contributed by atoms with E-state index in [1.165, 1.54) is 16.7 Å². The second kappa shape index (κ2) is 7.60. The molecule has 6 rings (SSSR count). The maximum atomic E-state index is 14.3. The maximum Gasteiger partial charge on any atom is 0.343 e. The summed E-state index contributed by atoms with van der Waals surface area (Å²) in [5.41, 5.74) is -0.287. The van der Waals surface area contributed by atoms with E-state index in [0.29, 0.717) is 22.5 Å². The van der Waals surface area contributed by atoms with Crippen LogP contribution in [0.2, 0.25) is 0 Å². The van der Waals surface area contributed by atoms with Crippen molar-refractivity contribution in [2.45, 2.75) is 51.5 Å². The molecule has 8 nitrogen and oxygen atoms in total. The van der Waals surface area contributed by atoms with Crippen LogP contribution in [0.1, 0.15) is 49.6 Å². The monoisotopic (exact) mass is 479 g/mol. The molecule has 2 atom stereocenters. The van der Waals surface area contributed by atoms with Gasteiger partial charge < -0.3 is 23.9 Å². The lowest BCUT2D eigenvalue weighted by atomic mass is 9.85. The van der Waals surface area contributed by atoms with Crippen molar-refractivity contribution in [3.05, 3.63) is 67.5 Å². The number of esters is 1. The van der Waals surface area contributed by atoms with E-state index in [2.05, 4.69) is 16.4 Å². The van der Waals surface area contributed by atoms with Crippen molar-refractivity contribution in [1.29, 1.82) is 0 Å². The van der Waals surface area contributed by atoms with Crippen LogP contribution in [0.4, 0.5) is 4.39 Å². The fourth-order valence-electron chi connectivity index (χ4n) is 5.99. The number of fused-ring (bicyclic) bond motifs is 5. The Labute approximate surface area is 200 Å². The molecule has 0 saturated carbocycles. The molecule has 1 aromatic carbocycles. The van der Waals surface area contributed by atoms with E-state index >= 15 is 0 Å². The van der Waals surface area contributed by atoms with Gasteiger partial charge in [-0.15, -0.1) is 0 Å². The quantitative estimate of drug-likeness (QED) is 0.453. The largest absolute Gasteiger partial charge is 0.458 e. The number of carbonyl (C=O) groups excluding carboxylic acids is 1.